The predicted octanol–water partition coefficient (Wildman–Crippen LogP) is 3.00. The highest BCUT2D eigenvalue weighted by molar-refractivity contribution is 5.94. The number of rotatable bonds is 5. The van der Waals surface area contributed by atoms with Crippen molar-refractivity contribution in [3.05, 3.63) is 65.5 Å². The minimum absolute atomic E-state index is 0.348. The van der Waals surface area contributed by atoms with Crippen molar-refractivity contribution in [3.8, 4) is 0 Å². The Hall–Kier alpha value is -2.34. The number of nitrogens with two attached hydrogens (primary N) is 1. The lowest BCUT2D eigenvalue weighted by Crippen LogP contribution is -2.36. The van der Waals surface area contributed by atoms with Crippen molar-refractivity contribution in [2.24, 2.45) is 5.73 Å². The first-order chi connectivity index (χ1) is 10.5. The van der Waals surface area contributed by atoms with Gasteiger partial charge in [-0.2, -0.15) is 0 Å². The van der Waals surface area contributed by atoms with E-state index >= 15 is 0 Å². The zero-order chi connectivity index (χ0) is 16.1. The van der Waals surface area contributed by atoms with Crippen LogP contribution in [0.5, 0.6) is 0 Å². The van der Waals surface area contributed by atoms with Gasteiger partial charge in [-0.1, -0.05) is 30.3 Å². The quantitative estimate of drug-likeness (QED) is 0.834. The van der Waals surface area contributed by atoms with E-state index in [9.17, 15) is 18.0 Å². The van der Waals surface area contributed by atoms with Gasteiger partial charge in [0.05, 0.1) is 11.7 Å². The van der Waals surface area contributed by atoms with E-state index < -0.39 is 35.1 Å². The van der Waals surface area contributed by atoms with Crippen molar-refractivity contribution in [1.29, 1.82) is 0 Å². The lowest BCUT2D eigenvalue weighted by molar-refractivity contribution is -0.117. The summed E-state index contributed by atoms with van der Waals surface area (Å²) in [6.45, 7) is 0. The maximum atomic E-state index is 13.5. The number of carbonyl (C=O) groups excluding carboxylic acids is 1. The van der Waals surface area contributed by atoms with Crippen LogP contribution in [-0.4, -0.2) is 11.9 Å². The van der Waals surface area contributed by atoms with Crippen LogP contribution in [0.3, 0.4) is 0 Å². The molecule has 0 aromatic heterocycles. The molecule has 0 aliphatic rings. The van der Waals surface area contributed by atoms with E-state index in [-0.39, 0.29) is 0 Å². The van der Waals surface area contributed by atoms with Gasteiger partial charge < -0.3 is 11.1 Å². The molecule has 0 saturated heterocycles. The average molecular weight is 308 g/mol. The molecule has 116 valence electrons. The van der Waals surface area contributed by atoms with Gasteiger partial charge in [-0.15, -0.1) is 0 Å². The average Bonchev–Trinajstić information content (AvgIpc) is 2.54. The molecular formula is C16H15F3N2O. The van der Waals surface area contributed by atoms with E-state index in [0.717, 1.165) is 17.7 Å². The molecular weight excluding hydrogens is 293 g/mol. The molecule has 3 N–H and O–H groups in total. The van der Waals surface area contributed by atoms with Crippen LogP contribution in [0.1, 0.15) is 12.0 Å². The monoisotopic (exact) mass is 308 g/mol. The SMILES string of the molecule is N[C@H](CCc1ccccc1)C(=O)Nc1ccc(F)c(F)c1F. The van der Waals surface area contributed by atoms with E-state index in [0.29, 0.717) is 12.8 Å². The largest absolute Gasteiger partial charge is 0.322 e. The highest BCUT2D eigenvalue weighted by Crippen LogP contribution is 2.19. The lowest BCUT2D eigenvalue weighted by Gasteiger charge is -2.13. The molecule has 2 aromatic rings. The molecule has 2 rings (SSSR count). The first-order valence-electron chi connectivity index (χ1n) is 6.73. The Morgan fingerprint density at radius 3 is 2.41 bits per heavy atom. The second-order valence-electron chi connectivity index (χ2n) is 4.84. The molecule has 0 spiro atoms. The van der Waals surface area contributed by atoms with Crippen molar-refractivity contribution in [1.82, 2.24) is 0 Å². The molecule has 1 atom stereocenters. The first kappa shape index (κ1) is 16.0. The standard InChI is InChI=1S/C16H15F3N2O/c17-11-7-9-13(15(19)14(11)18)21-16(22)12(20)8-6-10-4-2-1-3-5-10/h1-5,7,9,12H,6,8,20H2,(H,21,22)/t12-/m1/s1. The topological polar surface area (TPSA) is 55.1 Å². The van der Waals surface area contributed by atoms with Crippen molar-refractivity contribution >= 4 is 11.6 Å². The molecule has 0 saturated carbocycles. The van der Waals surface area contributed by atoms with Crippen LogP contribution in [0, 0.1) is 17.5 Å². The number of anilines is 1. The number of nitrogens with one attached hydrogen (secondary N) is 1. The van der Waals surface area contributed by atoms with Crippen LogP contribution < -0.4 is 11.1 Å². The molecule has 0 fully saturated rings. The summed E-state index contributed by atoms with van der Waals surface area (Å²) in [6, 6.07) is 10.2. The fourth-order valence-corrected chi connectivity index (χ4v) is 1.95. The van der Waals surface area contributed by atoms with E-state index in [1.165, 1.54) is 0 Å². The number of amides is 1. The number of hydrogen-bond acceptors (Lipinski definition) is 2. The Balaban J connectivity index is 1.96. The molecule has 0 unspecified atom stereocenters. The van der Waals surface area contributed by atoms with Crippen molar-refractivity contribution in [2.45, 2.75) is 18.9 Å². The summed E-state index contributed by atoms with van der Waals surface area (Å²) >= 11 is 0. The van der Waals surface area contributed by atoms with E-state index in [4.69, 9.17) is 5.73 Å². The zero-order valence-electron chi connectivity index (χ0n) is 11.7. The van der Waals surface area contributed by atoms with Crippen LogP contribution in [0.2, 0.25) is 0 Å². The Labute approximate surface area is 125 Å². The molecule has 1 amide bonds. The fraction of sp³-hybridized carbons (Fsp3) is 0.188. The van der Waals surface area contributed by atoms with Gasteiger partial charge in [-0.3, -0.25) is 4.79 Å². The molecule has 2 aromatic carbocycles. The summed E-state index contributed by atoms with van der Waals surface area (Å²) in [7, 11) is 0. The zero-order valence-corrected chi connectivity index (χ0v) is 11.7. The number of aryl methyl sites for hydroxylation is 1. The van der Waals surface area contributed by atoms with Gasteiger partial charge in [0, 0.05) is 0 Å². The minimum Gasteiger partial charge on any atom is -0.322 e. The van der Waals surface area contributed by atoms with Gasteiger partial charge in [0.15, 0.2) is 17.5 Å². The van der Waals surface area contributed by atoms with Crippen molar-refractivity contribution < 1.29 is 18.0 Å². The highest BCUT2D eigenvalue weighted by Gasteiger charge is 2.18. The van der Waals surface area contributed by atoms with E-state index in [1.54, 1.807) is 0 Å². The van der Waals surface area contributed by atoms with E-state index in [2.05, 4.69) is 5.32 Å². The smallest absolute Gasteiger partial charge is 0.241 e. The Morgan fingerprint density at radius 2 is 1.73 bits per heavy atom. The number of carbonyl (C=O) groups is 1. The maximum absolute atomic E-state index is 13.5. The van der Waals surface area contributed by atoms with Crippen LogP contribution in [0.4, 0.5) is 18.9 Å². The molecule has 0 bridgehead atoms. The normalized spacial score (nSPS) is 12.0. The molecule has 0 radical (unpaired) electrons. The van der Waals surface area contributed by atoms with Crippen LogP contribution in [0.15, 0.2) is 42.5 Å². The summed E-state index contributed by atoms with van der Waals surface area (Å²) < 4.78 is 39.4. The second-order valence-corrected chi connectivity index (χ2v) is 4.84. The fourth-order valence-electron chi connectivity index (χ4n) is 1.95. The predicted molar refractivity (Wildman–Crippen MR) is 77.7 cm³/mol. The summed E-state index contributed by atoms with van der Waals surface area (Å²) in [6.07, 6.45) is 0.927. The third kappa shape index (κ3) is 3.85. The Kier molecular flexibility index (Phi) is 5.16. The van der Waals surface area contributed by atoms with Crippen LogP contribution in [-0.2, 0) is 11.2 Å². The molecule has 0 heterocycles. The molecule has 0 aliphatic carbocycles. The molecule has 0 aliphatic heterocycles. The minimum atomic E-state index is -1.63. The number of hydrogen-bond donors (Lipinski definition) is 2. The molecule has 22 heavy (non-hydrogen) atoms. The second kappa shape index (κ2) is 7.09. The Morgan fingerprint density at radius 1 is 1.05 bits per heavy atom. The van der Waals surface area contributed by atoms with Crippen LogP contribution in [0.25, 0.3) is 0 Å². The summed E-state index contributed by atoms with van der Waals surface area (Å²) in [5.74, 6) is -5.04. The lowest BCUT2D eigenvalue weighted by atomic mass is 10.1. The molecule has 3 nitrogen and oxygen atoms in total. The van der Waals surface area contributed by atoms with Gasteiger partial charge in [0.1, 0.15) is 0 Å². The van der Waals surface area contributed by atoms with Gasteiger partial charge in [0.2, 0.25) is 5.91 Å². The van der Waals surface area contributed by atoms with Gasteiger partial charge in [0.25, 0.3) is 0 Å². The third-order valence-electron chi connectivity index (χ3n) is 3.22. The molecule has 6 heteroatoms. The van der Waals surface area contributed by atoms with Gasteiger partial charge in [-0.05, 0) is 30.5 Å². The van der Waals surface area contributed by atoms with E-state index in [1.807, 2.05) is 30.3 Å². The highest BCUT2D eigenvalue weighted by atomic mass is 19.2. The van der Waals surface area contributed by atoms with Crippen molar-refractivity contribution in [2.75, 3.05) is 5.32 Å². The number of benzene rings is 2. The number of halogens is 3. The van der Waals surface area contributed by atoms with Gasteiger partial charge >= 0.3 is 0 Å². The third-order valence-corrected chi connectivity index (χ3v) is 3.22. The summed E-state index contributed by atoms with van der Waals surface area (Å²) in [4.78, 5) is 11.9. The Bertz CT molecular complexity index is 662. The summed E-state index contributed by atoms with van der Waals surface area (Å²) in [5, 5.41) is 2.17. The van der Waals surface area contributed by atoms with Crippen LogP contribution >= 0.6 is 0 Å². The maximum Gasteiger partial charge on any atom is 0.241 e. The summed E-state index contributed by atoms with van der Waals surface area (Å²) in [5.41, 5.74) is 6.32. The first-order valence-corrected chi connectivity index (χ1v) is 6.73. The van der Waals surface area contributed by atoms with Gasteiger partial charge in [-0.25, -0.2) is 13.2 Å². The van der Waals surface area contributed by atoms with Crippen molar-refractivity contribution in [3.63, 3.8) is 0 Å².